The largest absolute Gasteiger partial charge is 0.417 e. The van der Waals surface area contributed by atoms with E-state index in [1.54, 1.807) is 0 Å². The third kappa shape index (κ3) is 8.16. The molecule has 1 aromatic carbocycles. The van der Waals surface area contributed by atoms with Crippen molar-refractivity contribution in [3.63, 3.8) is 0 Å². The number of hydrogen-bond donors (Lipinski definition) is 0. The SMILES string of the molecule is C[C@H](/C=C/c1ccccc1)[C@H](CCO[Si](C)(C)C(C)(C)C)O[Si](C)(C)C(C)(C)C. The van der Waals surface area contributed by atoms with E-state index in [-0.39, 0.29) is 16.2 Å². The minimum absolute atomic E-state index is 0.181. The molecule has 0 unspecified atom stereocenters. The molecule has 0 spiro atoms. The van der Waals surface area contributed by atoms with Crippen LogP contribution in [0.5, 0.6) is 0 Å². The lowest BCUT2D eigenvalue weighted by atomic mass is 10.0. The van der Waals surface area contributed by atoms with Gasteiger partial charge >= 0.3 is 0 Å². The molecule has 0 bridgehead atoms. The molecule has 0 aromatic heterocycles. The molecule has 2 atom stereocenters. The second-order valence-corrected chi connectivity index (χ2v) is 21.0. The molecule has 0 saturated heterocycles. The third-order valence-electron chi connectivity index (χ3n) is 6.90. The van der Waals surface area contributed by atoms with E-state index < -0.39 is 16.6 Å². The van der Waals surface area contributed by atoms with E-state index >= 15 is 0 Å². The molecule has 0 amide bonds. The number of hydrogen-bond acceptors (Lipinski definition) is 2. The van der Waals surface area contributed by atoms with E-state index in [4.69, 9.17) is 8.85 Å². The average Bonchev–Trinajstić information content (AvgIpc) is 2.57. The van der Waals surface area contributed by atoms with Crippen molar-refractivity contribution in [2.45, 2.75) is 97.3 Å². The average molecular weight is 435 g/mol. The maximum absolute atomic E-state index is 6.88. The Hall–Kier alpha value is -0.686. The first-order valence-electron chi connectivity index (χ1n) is 11.1. The van der Waals surface area contributed by atoms with Crippen LogP contribution in [-0.4, -0.2) is 29.3 Å². The Bertz CT molecular complexity index is 637. The van der Waals surface area contributed by atoms with E-state index in [9.17, 15) is 0 Å². The Labute approximate surface area is 183 Å². The second-order valence-electron chi connectivity index (χ2n) is 11.4. The van der Waals surface area contributed by atoms with E-state index in [2.05, 4.69) is 117 Å². The highest BCUT2D eigenvalue weighted by Gasteiger charge is 2.41. The summed E-state index contributed by atoms with van der Waals surface area (Å²) in [5.74, 6) is 0.340. The van der Waals surface area contributed by atoms with Crippen molar-refractivity contribution in [3.05, 3.63) is 42.0 Å². The van der Waals surface area contributed by atoms with E-state index in [1.165, 1.54) is 5.56 Å². The quantitative estimate of drug-likeness (QED) is 0.365. The van der Waals surface area contributed by atoms with Crippen LogP contribution in [0.15, 0.2) is 36.4 Å². The van der Waals surface area contributed by atoms with Crippen LogP contribution in [0.2, 0.25) is 36.3 Å². The van der Waals surface area contributed by atoms with Crippen molar-refractivity contribution < 1.29 is 8.85 Å². The van der Waals surface area contributed by atoms with Gasteiger partial charge in [0.1, 0.15) is 0 Å². The molecule has 1 aromatic rings. The lowest BCUT2D eigenvalue weighted by molar-refractivity contribution is 0.113. The summed E-state index contributed by atoms with van der Waals surface area (Å²) in [5.41, 5.74) is 1.24. The van der Waals surface area contributed by atoms with Gasteiger partial charge in [0, 0.05) is 6.61 Å². The van der Waals surface area contributed by atoms with Gasteiger partial charge in [-0.3, -0.25) is 0 Å². The molecule has 2 nitrogen and oxygen atoms in total. The minimum Gasteiger partial charge on any atom is -0.417 e. The van der Waals surface area contributed by atoms with Gasteiger partial charge in [0.25, 0.3) is 0 Å². The van der Waals surface area contributed by atoms with Crippen LogP contribution in [0.3, 0.4) is 0 Å². The summed E-state index contributed by atoms with van der Waals surface area (Å²) in [5, 5.41) is 0.440. The lowest BCUT2D eigenvalue weighted by Gasteiger charge is -2.41. The highest BCUT2D eigenvalue weighted by Crippen LogP contribution is 2.39. The lowest BCUT2D eigenvalue weighted by Crippen LogP contribution is -2.46. The minimum atomic E-state index is -1.85. The van der Waals surface area contributed by atoms with Crippen molar-refractivity contribution in [2.24, 2.45) is 5.92 Å². The van der Waals surface area contributed by atoms with Crippen LogP contribution in [0.1, 0.15) is 60.5 Å². The summed E-state index contributed by atoms with van der Waals surface area (Å²) in [6.45, 7) is 26.3. The molecule has 0 heterocycles. The number of benzene rings is 1. The van der Waals surface area contributed by atoms with E-state index in [0.717, 1.165) is 13.0 Å². The van der Waals surface area contributed by atoms with Crippen LogP contribution in [0.25, 0.3) is 6.08 Å². The Morgan fingerprint density at radius 3 is 1.86 bits per heavy atom. The summed E-state index contributed by atoms with van der Waals surface area (Å²) in [6, 6.07) is 10.5. The van der Waals surface area contributed by atoms with Gasteiger partial charge in [-0.1, -0.05) is 91.0 Å². The molecule has 0 aliphatic rings. The molecular formula is C25H46O2Si2. The van der Waals surface area contributed by atoms with Gasteiger partial charge in [-0.15, -0.1) is 0 Å². The zero-order valence-electron chi connectivity index (χ0n) is 20.9. The van der Waals surface area contributed by atoms with Gasteiger partial charge in [0.15, 0.2) is 16.6 Å². The van der Waals surface area contributed by atoms with Gasteiger partial charge < -0.3 is 8.85 Å². The molecule has 166 valence electrons. The van der Waals surface area contributed by atoms with Crippen molar-refractivity contribution in [1.29, 1.82) is 0 Å². The molecule has 0 fully saturated rings. The highest BCUT2D eigenvalue weighted by atomic mass is 28.4. The topological polar surface area (TPSA) is 18.5 Å². The first kappa shape index (κ1) is 26.3. The van der Waals surface area contributed by atoms with Gasteiger partial charge in [0.2, 0.25) is 0 Å². The molecular weight excluding hydrogens is 388 g/mol. The Morgan fingerprint density at radius 2 is 1.38 bits per heavy atom. The zero-order chi connectivity index (χ0) is 22.5. The molecule has 0 aliphatic heterocycles. The molecule has 0 saturated carbocycles. The van der Waals surface area contributed by atoms with Gasteiger partial charge in [0.05, 0.1) is 6.10 Å². The summed E-state index contributed by atoms with van der Waals surface area (Å²) in [4.78, 5) is 0. The fourth-order valence-corrected chi connectivity index (χ4v) is 5.09. The summed E-state index contributed by atoms with van der Waals surface area (Å²) < 4.78 is 13.4. The standard InChI is InChI=1S/C25H46O2Si2/c1-21(17-18-22-15-13-12-14-16-22)23(27-29(10,11)25(5,6)7)19-20-26-28(8,9)24(2,3)4/h12-18,21,23H,19-20H2,1-11H3/b18-17+/t21-,23+/m1/s1. The molecule has 0 N–H and O–H groups in total. The first-order valence-corrected chi connectivity index (χ1v) is 16.9. The first-order chi connectivity index (χ1) is 13.1. The van der Waals surface area contributed by atoms with Crippen LogP contribution >= 0.6 is 0 Å². The Balaban J connectivity index is 2.92. The van der Waals surface area contributed by atoms with Crippen molar-refractivity contribution in [1.82, 2.24) is 0 Å². The Morgan fingerprint density at radius 1 is 0.862 bits per heavy atom. The maximum Gasteiger partial charge on any atom is 0.192 e. The van der Waals surface area contributed by atoms with Gasteiger partial charge in [-0.05, 0) is 54.2 Å². The van der Waals surface area contributed by atoms with Crippen molar-refractivity contribution in [2.75, 3.05) is 6.61 Å². The van der Waals surface area contributed by atoms with Crippen molar-refractivity contribution in [3.8, 4) is 0 Å². The second kappa shape index (κ2) is 10.1. The summed E-state index contributed by atoms with van der Waals surface area (Å²) in [6.07, 6.45) is 5.65. The summed E-state index contributed by atoms with van der Waals surface area (Å²) >= 11 is 0. The monoisotopic (exact) mass is 434 g/mol. The molecule has 0 aliphatic carbocycles. The van der Waals surface area contributed by atoms with Crippen LogP contribution < -0.4 is 0 Å². The fourth-order valence-electron chi connectivity index (χ4n) is 2.58. The molecule has 4 heteroatoms. The van der Waals surface area contributed by atoms with Crippen molar-refractivity contribution >= 4 is 22.7 Å². The predicted molar refractivity (Wildman–Crippen MR) is 134 cm³/mol. The maximum atomic E-state index is 6.88. The zero-order valence-corrected chi connectivity index (χ0v) is 22.9. The Kier molecular flexibility index (Phi) is 9.16. The molecule has 0 radical (unpaired) electrons. The molecule has 29 heavy (non-hydrogen) atoms. The van der Waals surface area contributed by atoms with E-state index in [0.29, 0.717) is 5.92 Å². The predicted octanol–water partition coefficient (Wildman–Crippen LogP) is 8.14. The van der Waals surface area contributed by atoms with Crippen LogP contribution in [-0.2, 0) is 8.85 Å². The van der Waals surface area contributed by atoms with Crippen LogP contribution in [0.4, 0.5) is 0 Å². The normalized spacial score (nSPS) is 16.2. The smallest absolute Gasteiger partial charge is 0.192 e. The fraction of sp³-hybridized carbons (Fsp3) is 0.680. The van der Waals surface area contributed by atoms with Crippen LogP contribution in [0, 0.1) is 5.92 Å². The van der Waals surface area contributed by atoms with Gasteiger partial charge in [-0.2, -0.15) is 0 Å². The highest BCUT2D eigenvalue weighted by molar-refractivity contribution is 6.74. The third-order valence-corrected chi connectivity index (χ3v) is 15.9. The molecule has 1 rings (SSSR count). The summed E-state index contributed by atoms with van der Waals surface area (Å²) in [7, 11) is -3.58. The number of rotatable bonds is 9. The van der Waals surface area contributed by atoms with E-state index in [1.807, 2.05) is 0 Å². The van der Waals surface area contributed by atoms with Gasteiger partial charge in [-0.25, -0.2) is 0 Å².